The number of phenolic OH excluding ortho intramolecular Hbond substituents is 1. The van der Waals surface area contributed by atoms with Crippen molar-refractivity contribution in [1.29, 1.82) is 0 Å². The van der Waals surface area contributed by atoms with Gasteiger partial charge >= 0.3 is 0 Å². The van der Waals surface area contributed by atoms with Crippen LogP contribution in [-0.2, 0) is 0 Å². The van der Waals surface area contributed by atoms with Crippen molar-refractivity contribution in [3.05, 3.63) is 51.5 Å². The number of nitrogen functional groups attached to an aromatic ring is 1. The molecule has 0 saturated carbocycles. The number of carbonyl (C=O) groups excluding carboxylic acids is 1. The Morgan fingerprint density at radius 2 is 2.00 bits per heavy atom. The van der Waals surface area contributed by atoms with Gasteiger partial charge < -0.3 is 16.2 Å². The fraction of sp³-hybridized carbons (Fsp3) is 0. The van der Waals surface area contributed by atoms with Crippen LogP contribution in [-0.4, -0.2) is 11.0 Å². The summed E-state index contributed by atoms with van der Waals surface area (Å²) < 4.78 is 0.520. The van der Waals surface area contributed by atoms with Crippen molar-refractivity contribution in [1.82, 2.24) is 0 Å². The maximum atomic E-state index is 12.0. The monoisotopic (exact) mass is 340 g/mol. The van der Waals surface area contributed by atoms with Crippen molar-refractivity contribution in [3.63, 3.8) is 0 Å². The molecule has 0 heterocycles. The Balaban J connectivity index is 2.25. The summed E-state index contributed by atoms with van der Waals surface area (Å²) in [5.74, 6) is -0.386. The molecule has 4 nitrogen and oxygen atoms in total. The van der Waals surface area contributed by atoms with Crippen molar-refractivity contribution in [2.24, 2.45) is 0 Å². The molecule has 0 saturated heterocycles. The maximum Gasteiger partial charge on any atom is 0.255 e. The predicted octanol–water partition coefficient (Wildman–Crippen LogP) is 3.64. The number of benzene rings is 2. The molecule has 19 heavy (non-hydrogen) atoms. The van der Waals surface area contributed by atoms with Gasteiger partial charge in [0.25, 0.3) is 5.91 Å². The van der Waals surface area contributed by atoms with Crippen molar-refractivity contribution in [2.45, 2.75) is 0 Å². The van der Waals surface area contributed by atoms with E-state index in [4.69, 9.17) is 17.3 Å². The lowest BCUT2D eigenvalue weighted by atomic mass is 10.2. The first kappa shape index (κ1) is 13.7. The van der Waals surface area contributed by atoms with E-state index in [1.54, 1.807) is 30.3 Å². The second-order valence-electron chi connectivity index (χ2n) is 3.85. The van der Waals surface area contributed by atoms with Crippen molar-refractivity contribution in [3.8, 4) is 5.75 Å². The number of nitrogens with two attached hydrogens (primary N) is 1. The highest BCUT2D eigenvalue weighted by molar-refractivity contribution is 9.10. The third-order valence-corrected chi connectivity index (χ3v) is 3.38. The third kappa shape index (κ3) is 3.19. The zero-order chi connectivity index (χ0) is 14.0. The largest absolute Gasteiger partial charge is 0.507 e. The molecule has 1 amide bonds. The molecule has 2 aromatic carbocycles. The Morgan fingerprint density at radius 3 is 2.68 bits per heavy atom. The molecule has 0 atom stereocenters. The number of carbonyl (C=O) groups is 1. The van der Waals surface area contributed by atoms with Gasteiger partial charge in [-0.3, -0.25) is 4.79 Å². The Bertz CT molecular complexity index is 647. The number of hydrogen-bond donors (Lipinski definition) is 3. The van der Waals surface area contributed by atoms with Crippen LogP contribution in [0.25, 0.3) is 0 Å². The molecule has 0 aromatic heterocycles. The molecule has 6 heteroatoms. The lowest BCUT2D eigenvalue weighted by Gasteiger charge is -2.09. The number of amides is 1. The number of hydrogen-bond acceptors (Lipinski definition) is 3. The molecular weight excluding hydrogens is 332 g/mol. The fourth-order valence-corrected chi connectivity index (χ4v) is 1.90. The minimum atomic E-state index is -0.378. The first-order valence-corrected chi connectivity index (χ1v) is 6.49. The summed E-state index contributed by atoms with van der Waals surface area (Å²) in [6.07, 6.45) is 0. The van der Waals surface area contributed by atoms with E-state index >= 15 is 0 Å². The van der Waals surface area contributed by atoms with E-state index in [9.17, 15) is 9.90 Å². The van der Waals surface area contributed by atoms with E-state index < -0.39 is 0 Å². The second-order valence-corrected chi connectivity index (χ2v) is 5.14. The van der Waals surface area contributed by atoms with Crippen LogP contribution < -0.4 is 11.1 Å². The zero-order valence-corrected chi connectivity index (χ0v) is 12.0. The van der Waals surface area contributed by atoms with Crippen LogP contribution in [0.1, 0.15) is 10.4 Å². The van der Waals surface area contributed by atoms with E-state index in [2.05, 4.69) is 21.2 Å². The van der Waals surface area contributed by atoms with Gasteiger partial charge in [0, 0.05) is 10.6 Å². The Kier molecular flexibility index (Phi) is 3.97. The molecule has 0 aliphatic rings. The molecule has 2 rings (SSSR count). The molecule has 4 N–H and O–H groups in total. The normalized spacial score (nSPS) is 10.2. The molecule has 0 fully saturated rings. The molecule has 0 unspecified atom stereocenters. The van der Waals surface area contributed by atoms with Gasteiger partial charge in [0.1, 0.15) is 5.75 Å². The van der Waals surface area contributed by atoms with Gasteiger partial charge in [0.15, 0.2) is 0 Å². The minimum absolute atomic E-state index is 0.00767. The van der Waals surface area contributed by atoms with Gasteiger partial charge in [-0.15, -0.1) is 0 Å². The zero-order valence-electron chi connectivity index (χ0n) is 9.65. The van der Waals surface area contributed by atoms with Crippen LogP contribution >= 0.6 is 27.5 Å². The average Bonchev–Trinajstić information content (AvgIpc) is 2.37. The highest BCUT2D eigenvalue weighted by atomic mass is 79.9. The smallest absolute Gasteiger partial charge is 0.255 e. The number of halogens is 2. The predicted molar refractivity (Wildman–Crippen MR) is 79.6 cm³/mol. The van der Waals surface area contributed by atoms with Crippen LogP contribution in [0.5, 0.6) is 5.75 Å². The van der Waals surface area contributed by atoms with Gasteiger partial charge in [-0.1, -0.05) is 11.6 Å². The van der Waals surface area contributed by atoms with Gasteiger partial charge in [-0.25, -0.2) is 0 Å². The molecular formula is C13H10BrClN2O2. The molecule has 0 radical (unpaired) electrons. The summed E-state index contributed by atoms with van der Waals surface area (Å²) >= 11 is 8.99. The SMILES string of the molecule is Nc1ccc(Cl)cc1NC(=O)c1ccc(Br)c(O)c1. The molecule has 0 aliphatic heterocycles. The Morgan fingerprint density at radius 1 is 1.26 bits per heavy atom. The van der Waals surface area contributed by atoms with Crippen LogP contribution in [0.4, 0.5) is 11.4 Å². The quantitative estimate of drug-likeness (QED) is 0.730. The lowest BCUT2D eigenvalue weighted by Crippen LogP contribution is -2.13. The summed E-state index contributed by atoms with van der Waals surface area (Å²) in [7, 11) is 0. The number of nitrogens with one attached hydrogen (secondary N) is 1. The summed E-state index contributed by atoms with van der Waals surface area (Å²) in [6.45, 7) is 0. The van der Waals surface area contributed by atoms with Crippen LogP contribution in [0.2, 0.25) is 5.02 Å². The molecule has 2 aromatic rings. The van der Waals surface area contributed by atoms with E-state index in [0.29, 0.717) is 26.4 Å². The number of phenols is 1. The number of rotatable bonds is 2. The molecule has 0 spiro atoms. The maximum absolute atomic E-state index is 12.0. The average molecular weight is 342 g/mol. The van der Waals surface area contributed by atoms with Crippen LogP contribution in [0.3, 0.4) is 0 Å². The second kappa shape index (κ2) is 5.50. The summed E-state index contributed by atoms with van der Waals surface area (Å²) in [4.78, 5) is 12.0. The van der Waals surface area contributed by atoms with E-state index in [1.807, 2.05) is 0 Å². The standard InChI is InChI=1S/C13H10BrClN2O2/c14-9-3-1-7(5-12(9)18)13(19)17-11-6-8(15)2-4-10(11)16/h1-6,18H,16H2,(H,17,19). The first-order chi connectivity index (χ1) is 8.97. The van der Waals surface area contributed by atoms with Crippen molar-refractivity contribution in [2.75, 3.05) is 11.1 Å². The van der Waals surface area contributed by atoms with Gasteiger partial charge in [-0.2, -0.15) is 0 Å². The first-order valence-electron chi connectivity index (χ1n) is 5.32. The molecule has 98 valence electrons. The van der Waals surface area contributed by atoms with Crippen LogP contribution in [0.15, 0.2) is 40.9 Å². The highest BCUT2D eigenvalue weighted by Crippen LogP contribution is 2.26. The lowest BCUT2D eigenvalue weighted by molar-refractivity contribution is 0.102. The van der Waals surface area contributed by atoms with E-state index in [-0.39, 0.29) is 11.7 Å². The van der Waals surface area contributed by atoms with Gasteiger partial charge in [0.2, 0.25) is 0 Å². The topological polar surface area (TPSA) is 75.3 Å². The Hall–Kier alpha value is -1.72. The van der Waals surface area contributed by atoms with E-state index in [0.717, 1.165) is 0 Å². The van der Waals surface area contributed by atoms with Crippen molar-refractivity contribution >= 4 is 44.8 Å². The van der Waals surface area contributed by atoms with Crippen LogP contribution in [0, 0.1) is 0 Å². The van der Waals surface area contributed by atoms with Gasteiger partial charge in [0.05, 0.1) is 15.8 Å². The fourth-order valence-electron chi connectivity index (χ4n) is 1.49. The number of anilines is 2. The van der Waals surface area contributed by atoms with Crippen molar-refractivity contribution < 1.29 is 9.90 Å². The summed E-state index contributed by atoms with van der Waals surface area (Å²) in [5, 5.41) is 12.7. The van der Waals surface area contributed by atoms with Gasteiger partial charge in [-0.05, 0) is 52.3 Å². The van der Waals surface area contributed by atoms with E-state index in [1.165, 1.54) is 6.07 Å². The summed E-state index contributed by atoms with van der Waals surface area (Å²) in [6, 6.07) is 9.34. The number of aromatic hydroxyl groups is 1. The summed E-state index contributed by atoms with van der Waals surface area (Å²) in [5.41, 5.74) is 6.91. The highest BCUT2D eigenvalue weighted by Gasteiger charge is 2.10. The molecule has 0 aliphatic carbocycles. The Labute approximate surface area is 123 Å². The molecule has 0 bridgehead atoms. The minimum Gasteiger partial charge on any atom is -0.507 e. The third-order valence-electron chi connectivity index (χ3n) is 2.47.